The molecule has 26 heavy (non-hydrogen) atoms. The molecule has 2 aromatic rings. The van der Waals surface area contributed by atoms with Gasteiger partial charge in [-0.3, -0.25) is 9.69 Å². The van der Waals surface area contributed by atoms with Crippen LogP contribution < -0.4 is 5.32 Å². The molecular weight excluding hydrogens is 372 g/mol. The second-order valence-electron chi connectivity index (χ2n) is 6.24. The Labute approximate surface area is 157 Å². The summed E-state index contributed by atoms with van der Waals surface area (Å²) in [5.74, 6) is -0.266. The number of aryl methyl sites for hydroxylation is 1. The lowest BCUT2D eigenvalue weighted by molar-refractivity contribution is -0.114. The van der Waals surface area contributed by atoms with Crippen LogP contribution in [0.15, 0.2) is 34.5 Å². The normalized spacial score (nSPS) is 16.5. The molecular formula is C17H22N4O3S2. The summed E-state index contributed by atoms with van der Waals surface area (Å²) in [5, 5.41) is 2.87. The van der Waals surface area contributed by atoms with Gasteiger partial charge in [0.2, 0.25) is 5.91 Å². The second-order valence-corrected chi connectivity index (χ2v) is 9.37. The van der Waals surface area contributed by atoms with Gasteiger partial charge in [-0.05, 0) is 12.5 Å². The van der Waals surface area contributed by atoms with E-state index in [1.807, 2.05) is 18.2 Å². The number of anilines is 1. The smallest absolute Gasteiger partial charge is 0.254 e. The van der Waals surface area contributed by atoms with Crippen molar-refractivity contribution in [3.8, 4) is 0 Å². The van der Waals surface area contributed by atoms with Crippen molar-refractivity contribution in [2.75, 3.05) is 31.5 Å². The maximum absolute atomic E-state index is 12.9. The number of sulfonamides is 1. The Bertz CT molecular complexity index is 873. The van der Waals surface area contributed by atoms with Gasteiger partial charge in [0.15, 0.2) is 9.34 Å². The Kier molecular flexibility index (Phi) is 5.71. The van der Waals surface area contributed by atoms with Crippen LogP contribution in [0, 0.1) is 6.92 Å². The van der Waals surface area contributed by atoms with Gasteiger partial charge >= 0.3 is 0 Å². The van der Waals surface area contributed by atoms with Crippen LogP contribution in [-0.4, -0.2) is 54.7 Å². The molecule has 140 valence electrons. The molecule has 0 atom stereocenters. The molecule has 3 rings (SSSR count). The summed E-state index contributed by atoms with van der Waals surface area (Å²) in [6.07, 6.45) is 0. The van der Waals surface area contributed by atoms with E-state index in [-0.39, 0.29) is 10.1 Å². The first kappa shape index (κ1) is 19.0. The molecule has 0 bridgehead atoms. The Morgan fingerprint density at radius 1 is 1.19 bits per heavy atom. The molecule has 1 aromatic heterocycles. The highest BCUT2D eigenvalue weighted by Crippen LogP contribution is 2.30. The lowest BCUT2D eigenvalue weighted by Gasteiger charge is -2.33. The van der Waals surface area contributed by atoms with Crippen molar-refractivity contribution < 1.29 is 13.2 Å². The van der Waals surface area contributed by atoms with Crippen molar-refractivity contribution in [2.24, 2.45) is 0 Å². The highest BCUT2D eigenvalue weighted by Gasteiger charge is 2.32. The van der Waals surface area contributed by atoms with Crippen LogP contribution >= 0.6 is 11.3 Å². The molecule has 1 aromatic carbocycles. The summed E-state index contributed by atoms with van der Waals surface area (Å²) < 4.78 is 27.6. The van der Waals surface area contributed by atoms with Crippen molar-refractivity contribution in [3.63, 3.8) is 0 Å². The highest BCUT2D eigenvalue weighted by atomic mass is 32.2. The zero-order valence-corrected chi connectivity index (χ0v) is 16.4. The zero-order chi connectivity index (χ0) is 18.7. The number of rotatable bonds is 5. The predicted molar refractivity (Wildman–Crippen MR) is 102 cm³/mol. The summed E-state index contributed by atoms with van der Waals surface area (Å²) in [6, 6.07) is 10.2. The van der Waals surface area contributed by atoms with E-state index in [1.54, 1.807) is 6.92 Å². The van der Waals surface area contributed by atoms with E-state index < -0.39 is 10.0 Å². The molecule has 9 heteroatoms. The summed E-state index contributed by atoms with van der Waals surface area (Å²) in [6.45, 7) is 6.11. The molecule has 1 saturated heterocycles. The van der Waals surface area contributed by atoms with Crippen LogP contribution in [0.5, 0.6) is 0 Å². The fraction of sp³-hybridized carbons (Fsp3) is 0.412. The number of carbonyl (C=O) groups is 1. The Morgan fingerprint density at radius 3 is 2.46 bits per heavy atom. The highest BCUT2D eigenvalue weighted by molar-refractivity contribution is 7.91. The standard InChI is InChI=1S/C17H22N4O3S2/c1-13-16(25-17(18-13)19-14(2)22)26(23,24)21-10-8-20(9-11-21)12-15-6-4-3-5-7-15/h3-7H,8-12H2,1-2H3,(H,18,19,22). The van der Waals surface area contributed by atoms with E-state index in [0.717, 1.165) is 17.9 Å². The number of carbonyl (C=O) groups excluding carboxylic acids is 1. The monoisotopic (exact) mass is 394 g/mol. The lowest BCUT2D eigenvalue weighted by Crippen LogP contribution is -2.48. The van der Waals surface area contributed by atoms with Gasteiger partial charge < -0.3 is 5.32 Å². The largest absolute Gasteiger partial charge is 0.302 e. The van der Waals surface area contributed by atoms with Crippen LogP contribution in [0.1, 0.15) is 18.2 Å². The van der Waals surface area contributed by atoms with Gasteiger partial charge in [-0.2, -0.15) is 4.31 Å². The second kappa shape index (κ2) is 7.83. The van der Waals surface area contributed by atoms with Crippen LogP contribution in [0.25, 0.3) is 0 Å². The number of piperazine rings is 1. The maximum Gasteiger partial charge on any atom is 0.254 e. The van der Waals surface area contributed by atoms with E-state index in [2.05, 4.69) is 27.3 Å². The van der Waals surface area contributed by atoms with Crippen LogP contribution in [0.2, 0.25) is 0 Å². The minimum atomic E-state index is -3.59. The molecule has 0 saturated carbocycles. The zero-order valence-electron chi connectivity index (χ0n) is 14.8. The number of nitrogens with zero attached hydrogens (tertiary/aromatic N) is 3. The summed E-state index contributed by atoms with van der Waals surface area (Å²) in [4.78, 5) is 17.6. The minimum absolute atomic E-state index is 0.206. The van der Waals surface area contributed by atoms with E-state index in [9.17, 15) is 13.2 Å². The van der Waals surface area contributed by atoms with Crippen molar-refractivity contribution >= 4 is 32.4 Å². The van der Waals surface area contributed by atoms with Crippen LogP contribution in [0.4, 0.5) is 5.13 Å². The third kappa shape index (κ3) is 4.29. The third-order valence-corrected chi connectivity index (χ3v) is 7.75. The van der Waals surface area contributed by atoms with Gasteiger partial charge in [-0.15, -0.1) is 0 Å². The van der Waals surface area contributed by atoms with Gasteiger partial charge in [0.05, 0.1) is 5.69 Å². The van der Waals surface area contributed by atoms with E-state index >= 15 is 0 Å². The fourth-order valence-electron chi connectivity index (χ4n) is 2.91. The number of hydrogen-bond acceptors (Lipinski definition) is 6. The molecule has 0 aliphatic carbocycles. The number of amides is 1. The van der Waals surface area contributed by atoms with Crippen molar-refractivity contribution in [2.45, 2.75) is 24.6 Å². The molecule has 1 fully saturated rings. The summed E-state index contributed by atoms with van der Waals surface area (Å²) >= 11 is 1.01. The summed E-state index contributed by atoms with van der Waals surface area (Å²) in [5.41, 5.74) is 1.65. The number of thiazole rings is 1. The van der Waals surface area contributed by atoms with Gasteiger partial charge in [0.1, 0.15) is 0 Å². The minimum Gasteiger partial charge on any atom is -0.302 e. The van der Waals surface area contributed by atoms with Gasteiger partial charge in [-0.25, -0.2) is 13.4 Å². The van der Waals surface area contributed by atoms with Crippen molar-refractivity contribution in [3.05, 3.63) is 41.6 Å². The molecule has 1 aliphatic rings. The Hall–Kier alpha value is -1.81. The topological polar surface area (TPSA) is 82.6 Å². The molecule has 0 radical (unpaired) electrons. The average molecular weight is 395 g/mol. The molecule has 0 spiro atoms. The maximum atomic E-state index is 12.9. The molecule has 1 amide bonds. The third-order valence-electron chi connectivity index (χ3n) is 4.19. The first-order valence-corrected chi connectivity index (χ1v) is 10.6. The fourth-order valence-corrected chi connectivity index (χ4v) is 5.93. The number of hydrogen-bond donors (Lipinski definition) is 1. The predicted octanol–water partition coefficient (Wildman–Crippen LogP) is 1.92. The van der Waals surface area contributed by atoms with Crippen molar-refractivity contribution in [1.82, 2.24) is 14.2 Å². The number of nitrogens with one attached hydrogen (secondary N) is 1. The SMILES string of the molecule is CC(=O)Nc1nc(C)c(S(=O)(=O)N2CCN(Cc3ccccc3)CC2)s1. The molecule has 1 N–H and O–H groups in total. The molecule has 1 aliphatic heterocycles. The summed E-state index contributed by atoms with van der Waals surface area (Å²) in [7, 11) is -3.59. The lowest BCUT2D eigenvalue weighted by atomic mass is 10.2. The van der Waals surface area contributed by atoms with Gasteiger partial charge in [0, 0.05) is 39.6 Å². The van der Waals surface area contributed by atoms with Gasteiger partial charge in [-0.1, -0.05) is 41.7 Å². The Balaban J connectivity index is 1.66. The van der Waals surface area contributed by atoms with E-state index in [4.69, 9.17) is 0 Å². The van der Waals surface area contributed by atoms with Crippen LogP contribution in [0.3, 0.4) is 0 Å². The number of benzene rings is 1. The van der Waals surface area contributed by atoms with Crippen LogP contribution in [-0.2, 0) is 21.4 Å². The molecule has 0 unspecified atom stereocenters. The van der Waals surface area contributed by atoms with E-state index in [1.165, 1.54) is 16.8 Å². The average Bonchev–Trinajstić information content (AvgIpc) is 2.96. The number of aromatic nitrogens is 1. The first-order chi connectivity index (χ1) is 12.4. The molecule has 2 heterocycles. The Morgan fingerprint density at radius 2 is 1.85 bits per heavy atom. The quantitative estimate of drug-likeness (QED) is 0.838. The van der Waals surface area contributed by atoms with E-state index in [0.29, 0.717) is 37.0 Å². The first-order valence-electron chi connectivity index (χ1n) is 8.37. The van der Waals surface area contributed by atoms with Crippen molar-refractivity contribution in [1.29, 1.82) is 0 Å². The molecule has 7 nitrogen and oxygen atoms in total. The van der Waals surface area contributed by atoms with Gasteiger partial charge in [0.25, 0.3) is 10.0 Å².